The number of methoxy groups -OCH3 is 1. The smallest absolute Gasteiger partial charge is 0.191 e. The summed E-state index contributed by atoms with van der Waals surface area (Å²) in [5.41, 5.74) is 1.33. The third-order valence-corrected chi connectivity index (χ3v) is 4.09. The Morgan fingerprint density at radius 2 is 2.14 bits per heavy atom. The Kier molecular flexibility index (Phi) is 12.0. The van der Waals surface area contributed by atoms with Crippen molar-refractivity contribution in [1.29, 1.82) is 0 Å². The second-order valence-corrected chi connectivity index (χ2v) is 5.68. The Labute approximate surface area is 149 Å². The highest BCUT2D eigenvalue weighted by molar-refractivity contribution is 14.0. The van der Waals surface area contributed by atoms with Crippen LogP contribution in [-0.4, -0.2) is 58.3 Å². The first-order chi connectivity index (χ1) is 9.67. The zero-order valence-electron chi connectivity index (χ0n) is 13.3. The molecule has 0 spiro atoms. The monoisotopic (exact) mass is 426 g/mol. The average molecular weight is 426 g/mol. The van der Waals surface area contributed by atoms with Crippen molar-refractivity contribution in [3.8, 4) is 0 Å². The highest BCUT2D eigenvalue weighted by Gasteiger charge is 2.02. The molecule has 7 heteroatoms. The van der Waals surface area contributed by atoms with E-state index in [1.165, 1.54) is 10.4 Å². The summed E-state index contributed by atoms with van der Waals surface area (Å²) in [5, 5.41) is 8.77. The van der Waals surface area contributed by atoms with Gasteiger partial charge in [0, 0.05) is 38.7 Å². The molecule has 0 fully saturated rings. The topological polar surface area (TPSA) is 48.9 Å². The molecule has 1 aromatic heterocycles. The summed E-state index contributed by atoms with van der Waals surface area (Å²) in [7, 11) is 5.61. The van der Waals surface area contributed by atoms with E-state index in [1.54, 1.807) is 25.5 Å². The van der Waals surface area contributed by atoms with Crippen LogP contribution in [0.2, 0.25) is 0 Å². The minimum Gasteiger partial charge on any atom is -0.383 e. The Morgan fingerprint density at radius 1 is 1.38 bits per heavy atom. The predicted molar refractivity (Wildman–Crippen MR) is 102 cm³/mol. The number of halogens is 1. The zero-order chi connectivity index (χ0) is 14.8. The van der Waals surface area contributed by atoms with Crippen molar-refractivity contribution in [2.45, 2.75) is 13.5 Å². The lowest BCUT2D eigenvalue weighted by Crippen LogP contribution is -2.41. The number of thiophene rings is 1. The number of nitrogens with zero attached hydrogens (tertiary/aromatic N) is 2. The second kappa shape index (κ2) is 12.2. The van der Waals surface area contributed by atoms with Crippen molar-refractivity contribution in [1.82, 2.24) is 15.5 Å². The van der Waals surface area contributed by atoms with Crippen molar-refractivity contribution < 1.29 is 4.74 Å². The molecule has 0 bridgehead atoms. The third-order valence-electron chi connectivity index (χ3n) is 3.07. The number of hydrogen-bond acceptors (Lipinski definition) is 4. The van der Waals surface area contributed by atoms with Gasteiger partial charge in [0.15, 0.2) is 5.96 Å². The van der Waals surface area contributed by atoms with Crippen LogP contribution in [0.1, 0.15) is 10.4 Å². The van der Waals surface area contributed by atoms with Gasteiger partial charge in [-0.1, -0.05) is 0 Å². The fourth-order valence-electron chi connectivity index (χ4n) is 1.69. The van der Waals surface area contributed by atoms with Gasteiger partial charge in [-0.2, -0.15) is 0 Å². The van der Waals surface area contributed by atoms with E-state index in [4.69, 9.17) is 4.74 Å². The molecule has 5 nitrogen and oxygen atoms in total. The summed E-state index contributed by atoms with van der Waals surface area (Å²) in [5.74, 6) is 0.845. The van der Waals surface area contributed by atoms with E-state index in [9.17, 15) is 0 Å². The quantitative estimate of drug-likeness (QED) is 0.379. The molecule has 0 amide bonds. The van der Waals surface area contributed by atoms with Gasteiger partial charge in [-0.3, -0.25) is 4.99 Å². The van der Waals surface area contributed by atoms with E-state index in [0.29, 0.717) is 0 Å². The summed E-state index contributed by atoms with van der Waals surface area (Å²) in [6, 6.07) is 2.14. The van der Waals surface area contributed by atoms with Crippen LogP contribution in [0.3, 0.4) is 0 Å². The number of aliphatic imine (C=N–C) groups is 1. The van der Waals surface area contributed by atoms with Gasteiger partial charge in [0.2, 0.25) is 0 Å². The number of aryl methyl sites for hydroxylation is 1. The first-order valence-electron chi connectivity index (χ1n) is 6.82. The van der Waals surface area contributed by atoms with Crippen LogP contribution in [0.15, 0.2) is 16.4 Å². The Morgan fingerprint density at radius 3 is 2.71 bits per heavy atom. The molecule has 0 saturated heterocycles. The van der Waals surface area contributed by atoms with Crippen LogP contribution in [0.5, 0.6) is 0 Å². The molecule has 0 aliphatic carbocycles. The zero-order valence-corrected chi connectivity index (χ0v) is 16.5. The van der Waals surface area contributed by atoms with E-state index in [1.807, 2.05) is 0 Å². The lowest BCUT2D eigenvalue weighted by atomic mass is 10.3. The summed E-state index contributed by atoms with van der Waals surface area (Å²) < 4.78 is 5.06. The van der Waals surface area contributed by atoms with Crippen LogP contribution < -0.4 is 10.6 Å². The Bertz CT molecular complexity index is 411. The second-order valence-electron chi connectivity index (χ2n) is 4.68. The van der Waals surface area contributed by atoms with Crippen LogP contribution in [-0.2, 0) is 11.3 Å². The van der Waals surface area contributed by atoms with Gasteiger partial charge in [-0.25, -0.2) is 0 Å². The van der Waals surface area contributed by atoms with E-state index < -0.39 is 0 Å². The first kappa shape index (κ1) is 20.6. The number of ether oxygens (including phenoxy) is 1. The van der Waals surface area contributed by atoms with Gasteiger partial charge in [0.05, 0.1) is 13.2 Å². The number of hydrogen-bond donors (Lipinski definition) is 2. The fraction of sp³-hybridized carbons (Fsp3) is 0.643. The van der Waals surface area contributed by atoms with Crippen LogP contribution >= 0.6 is 35.3 Å². The maximum atomic E-state index is 5.06. The molecule has 0 aliphatic rings. The summed E-state index contributed by atoms with van der Waals surface area (Å²) in [6.45, 7) is 6.49. The SMILES string of the molecule is CN=C(NCCN(C)CCOC)NCc1sccc1C.I. The highest BCUT2D eigenvalue weighted by atomic mass is 127. The van der Waals surface area contributed by atoms with E-state index >= 15 is 0 Å². The number of likely N-dealkylation sites (N-methyl/N-ethyl adjacent to an activating group) is 1. The molecule has 0 saturated carbocycles. The van der Waals surface area contributed by atoms with Crippen molar-refractivity contribution in [2.75, 3.05) is 47.4 Å². The molecule has 1 rings (SSSR count). The van der Waals surface area contributed by atoms with Gasteiger partial charge in [-0.05, 0) is 31.0 Å². The Hall–Kier alpha value is -0.380. The first-order valence-corrected chi connectivity index (χ1v) is 7.70. The highest BCUT2D eigenvalue weighted by Crippen LogP contribution is 2.14. The summed E-state index contributed by atoms with van der Waals surface area (Å²) >= 11 is 1.77. The number of nitrogens with one attached hydrogen (secondary N) is 2. The van der Waals surface area contributed by atoms with Crippen molar-refractivity contribution in [3.63, 3.8) is 0 Å². The lowest BCUT2D eigenvalue weighted by Gasteiger charge is -2.17. The van der Waals surface area contributed by atoms with E-state index in [2.05, 4.69) is 45.9 Å². The molecule has 1 aromatic rings. The molecule has 2 N–H and O–H groups in total. The predicted octanol–water partition coefficient (Wildman–Crippen LogP) is 1.92. The van der Waals surface area contributed by atoms with Gasteiger partial charge in [0.1, 0.15) is 0 Å². The minimum absolute atomic E-state index is 0. The fourth-order valence-corrected chi connectivity index (χ4v) is 2.54. The van der Waals surface area contributed by atoms with Crippen LogP contribution in [0, 0.1) is 6.92 Å². The standard InChI is InChI=1S/C14H26N4OS.HI/c1-12-5-10-20-13(12)11-17-14(15-2)16-6-7-18(3)8-9-19-4;/h5,10H,6-9,11H2,1-4H3,(H2,15,16,17);1H. The van der Waals surface area contributed by atoms with Gasteiger partial charge in [0.25, 0.3) is 0 Å². The normalized spacial score (nSPS) is 11.4. The maximum Gasteiger partial charge on any atom is 0.191 e. The molecule has 122 valence electrons. The van der Waals surface area contributed by atoms with E-state index in [-0.39, 0.29) is 24.0 Å². The third kappa shape index (κ3) is 8.60. The van der Waals surface area contributed by atoms with Gasteiger partial charge < -0.3 is 20.3 Å². The number of rotatable bonds is 8. The largest absolute Gasteiger partial charge is 0.383 e. The van der Waals surface area contributed by atoms with Crippen molar-refractivity contribution in [2.24, 2.45) is 4.99 Å². The number of guanidine groups is 1. The molecule has 21 heavy (non-hydrogen) atoms. The Balaban J connectivity index is 0.00000400. The van der Waals surface area contributed by atoms with Gasteiger partial charge >= 0.3 is 0 Å². The molecule has 1 heterocycles. The maximum absolute atomic E-state index is 5.06. The summed E-state index contributed by atoms with van der Waals surface area (Å²) in [4.78, 5) is 7.81. The van der Waals surface area contributed by atoms with Crippen molar-refractivity contribution in [3.05, 3.63) is 21.9 Å². The minimum atomic E-state index is 0. The van der Waals surface area contributed by atoms with Crippen LogP contribution in [0.4, 0.5) is 0 Å². The van der Waals surface area contributed by atoms with Crippen LogP contribution in [0.25, 0.3) is 0 Å². The average Bonchev–Trinajstić information content (AvgIpc) is 2.85. The molecular weight excluding hydrogens is 399 g/mol. The molecule has 0 aliphatic heterocycles. The molecule has 0 radical (unpaired) electrons. The molecular formula is C14H27IN4OS. The van der Waals surface area contributed by atoms with Crippen molar-refractivity contribution >= 4 is 41.3 Å². The molecule has 0 aromatic carbocycles. The lowest BCUT2D eigenvalue weighted by molar-refractivity contribution is 0.162. The van der Waals surface area contributed by atoms with Gasteiger partial charge in [-0.15, -0.1) is 35.3 Å². The molecule has 0 atom stereocenters. The van der Waals surface area contributed by atoms with E-state index in [0.717, 1.165) is 38.7 Å². The molecule has 0 unspecified atom stereocenters. The summed E-state index contributed by atoms with van der Waals surface area (Å²) in [6.07, 6.45) is 0.